The molecule has 17 heavy (non-hydrogen) atoms. The maximum absolute atomic E-state index is 8.59. The molecule has 92 valence electrons. The SMILES string of the molecule is N/C(=N/O)c1ccc(CN2CCCC2)c(Cl)c1. The van der Waals surface area contributed by atoms with Gasteiger partial charge in [0.25, 0.3) is 0 Å². The zero-order chi connectivity index (χ0) is 12.3. The molecule has 1 aliphatic rings. The van der Waals surface area contributed by atoms with Gasteiger partial charge >= 0.3 is 0 Å². The van der Waals surface area contributed by atoms with Crippen LogP contribution in [0.15, 0.2) is 23.4 Å². The van der Waals surface area contributed by atoms with E-state index in [2.05, 4.69) is 10.1 Å². The summed E-state index contributed by atoms with van der Waals surface area (Å²) < 4.78 is 0. The summed E-state index contributed by atoms with van der Waals surface area (Å²) in [7, 11) is 0. The number of nitrogens with zero attached hydrogens (tertiary/aromatic N) is 2. The second kappa shape index (κ2) is 5.38. The fourth-order valence-corrected chi connectivity index (χ4v) is 2.31. The minimum Gasteiger partial charge on any atom is -0.409 e. The Morgan fingerprint density at radius 1 is 1.41 bits per heavy atom. The molecule has 5 heteroatoms. The summed E-state index contributed by atoms with van der Waals surface area (Å²) in [5.41, 5.74) is 7.24. The largest absolute Gasteiger partial charge is 0.409 e. The Balaban J connectivity index is 2.13. The molecule has 0 spiro atoms. The summed E-state index contributed by atoms with van der Waals surface area (Å²) in [6.07, 6.45) is 2.53. The van der Waals surface area contributed by atoms with Crippen molar-refractivity contribution in [1.82, 2.24) is 4.90 Å². The van der Waals surface area contributed by atoms with E-state index < -0.39 is 0 Å². The van der Waals surface area contributed by atoms with Gasteiger partial charge in [-0.2, -0.15) is 0 Å². The first-order valence-electron chi connectivity index (χ1n) is 5.69. The van der Waals surface area contributed by atoms with E-state index in [4.69, 9.17) is 22.5 Å². The Labute approximate surface area is 106 Å². The van der Waals surface area contributed by atoms with Crippen LogP contribution in [0.3, 0.4) is 0 Å². The molecule has 1 heterocycles. The van der Waals surface area contributed by atoms with Gasteiger partial charge < -0.3 is 10.9 Å². The summed E-state index contributed by atoms with van der Waals surface area (Å²) in [5, 5.41) is 12.2. The number of oxime groups is 1. The Morgan fingerprint density at radius 2 is 2.12 bits per heavy atom. The molecule has 1 aromatic rings. The van der Waals surface area contributed by atoms with Crippen LogP contribution in [0.25, 0.3) is 0 Å². The van der Waals surface area contributed by atoms with E-state index in [-0.39, 0.29) is 5.84 Å². The third-order valence-corrected chi connectivity index (χ3v) is 3.40. The Kier molecular flexibility index (Phi) is 3.86. The van der Waals surface area contributed by atoms with Crippen LogP contribution in [-0.2, 0) is 6.54 Å². The molecule has 1 aromatic carbocycles. The third kappa shape index (κ3) is 2.90. The average molecular weight is 254 g/mol. The molecule has 0 radical (unpaired) electrons. The maximum Gasteiger partial charge on any atom is 0.170 e. The fourth-order valence-electron chi connectivity index (χ4n) is 2.07. The number of nitrogens with two attached hydrogens (primary N) is 1. The zero-order valence-corrected chi connectivity index (χ0v) is 10.3. The average Bonchev–Trinajstić information content (AvgIpc) is 2.83. The molecule has 4 nitrogen and oxygen atoms in total. The molecule has 2 rings (SSSR count). The van der Waals surface area contributed by atoms with E-state index in [1.807, 2.05) is 12.1 Å². The first kappa shape index (κ1) is 12.2. The number of benzene rings is 1. The molecule has 0 saturated carbocycles. The predicted octanol–water partition coefficient (Wildman–Crippen LogP) is 2.03. The van der Waals surface area contributed by atoms with Crippen LogP contribution in [-0.4, -0.2) is 29.0 Å². The summed E-state index contributed by atoms with van der Waals surface area (Å²) in [4.78, 5) is 2.38. The monoisotopic (exact) mass is 253 g/mol. The van der Waals surface area contributed by atoms with Crippen LogP contribution in [0.1, 0.15) is 24.0 Å². The van der Waals surface area contributed by atoms with E-state index in [0.717, 1.165) is 25.2 Å². The van der Waals surface area contributed by atoms with Gasteiger partial charge in [0.1, 0.15) is 0 Å². The van der Waals surface area contributed by atoms with Gasteiger partial charge in [0.15, 0.2) is 5.84 Å². The van der Waals surface area contributed by atoms with E-state index >= 15 is 0 Å². The number of rotatable bonds is 3. The van der Waals surface area contributed by atoms with Crippen molar-refractivity contribution in [1.29, 1.82) is 0 Å². The maximum atomic E-state index is 8.59. The molecule has 1 aliphatic heterocycles. The second-order valence-corrected chi connectivity index (χ2v) is 4.68. The molecular weight excluding hydrogens is 238 g/mol. The van der Waals surface area contributed by atoms with Crippen molar-refractivity contribution in [3.8, 4) is 0 Å². The van der Waals surface area contributed by atoms with Crippen molar-refractivity contribution >= 4 is 17.4 Å². The van der Waals surface area contributed by atoms with Gasteiger partial charge in [0.05, 0.1) is 0 Å². The van der Waals surface area contributed by atoms with Crippen molar-refractivity contribution in [2.75, 3.05) is 13.1 Å². The van der Waals surface area contributed by atoms with Crippen LogP contribution in [0.2, 0.25) is 5.02 Å². The van der Waals surface area contributed by atoms with Crippen molar-refractivity contribution in [2.24, 2.45) is 10.9 Å². The lowest BCUT2D eigenvalue weighted by atomic mass is 10.1. The van der Waals surface area contributed by atoms with Crippen molar-refractivity contribution in [2.45, 2.75) is 19.4 Å². The van der Waals surface area contributed by atoms with Crippen LogP contribution >= 0.6 is 11.6 Å². The minimum atomic E-state index is 0.0830. The van der Waals surface area contributed by atoms with Gasteiger partial charge in [0.2, 0.25) is 0 Å². The first-order valence-corrected chi connectivity index (χ1v) is 6.07. The molecule has 1 saturated heterocycles. The summed E-state index contributed by atoms with van der Waals surface area (Å²) in [6.45, 7) is 3.14. The standard InChI is InChI=1S/C12H16ClN3O/c13-11-7-9(12(14)15-17)3-4-10(11)8-16-5-1-2-6-16/h3-4,7,17H,1-2,5-6,8H2,(H2,14,15). The van der Waals surface area contributed by atoms with Crippen LogP contribution in [0, 0.1) is 0 Å². The van der Waals surface area contributed by atoms with Crippen molar-refractivity contribution in [3.05, 3.63) is 34.3 Å². The van der Waals surface area contributed by atoms with Crippen LogP contribution in [0.5, 0.6) is 0 Å². The molecule has 3 N–H and O–H groups in total. The van der Waals surface area contributed by atoms with E-state index in [1.54, 1.807) is 6.07 Å². The summed E-state index contributed by atoms with van der Waals surface area (Å²) in [5.74, 6) is 0.0830. The van der Waals surface area contributed by atoms with Crippen molar-refractivity contribution < 1.29 is 5.21 Å². The highest BCUT2D eigenvalue weighted by molar-refractivity contribution is 6.31. The van der Waals surface area contributed by atoms with Crippen LogP contribution < -0.4 is 5.73 Å². The second-order valence-electron chi connectivity index (χ2n) is 4.27. The smallest absolute Gasteiger partial charge is 0.170 e. The zero-order valence-electron chi connectivity index (χ0n) is 9.56. The summed E-state index contributed by atoms with van der Waals surface area (Å²) in [6, 6.07) is 5.50. The number of amidine groups is 1. The molecule has 0 bridgehead atoms. The molecular formula is C12H16ClN3O. The Bertz CT molecular complexity index is 428. The first-order chi connectivity index (χ1) is 8.20. The van der Waals surface area contributed by atoms with E-state index in [1.165, 1.54) is 12.8 Å². The van der Waals surface area contributed by atoms with Gasteiger partial charge in [-0.05, 0) is 37.6 Å². The molecule has 0 atom stereocenters. The van der Waals surface area contributed by atoms with Gasteiger partial charge in [-0.25, -0.2) is 0 Å². The van der Waals surface area contributed by atoms with E-state index in [0.29, 0.717) is 10.6 Å². The minimum absolute atomic E-state index is 0.0830. The van der Waals surface area contributed by atoms with E-state index in [9.17, 15) is 0 Å². The topological polar surface area (TPSA) is 61.9 Å². The predicted molar refractivity (Wildman–Crippen MR) is 68.5 cm³/mol. The van der Waals surface area contributed by atoms with Crippen LogP contribution in [0.4, 0.5) is 0 Å². The fraction of sp³-hybridized carbons (Fsp3) is 0.417. The normalized spacial score (nSPS) is 17.6. The Morgan fingerprint density at radius 3 is 2.71 bits per heavy atom. The molecule has 0 aliphatic carbocycles. The molecule has 0 unspecified atom stereocenters. The van der Waals surface area contributed by atoms with Gasteiger partial charge in [-0.1, -0.05) is 28.9 Å². The Hall–Kier alpha value is -1.26. The van der Waals surface area contributed by atoms with Crippen molar-refractivity contribution in [3.63, 3.8) is 0 Å². The lowest BCUT2D eigenvalue weighted by Crippen LogP contribution is -2.19. The summed E-state index contributed by atoms with van der Waals surface area (Å²) >= 11 is 6.19. The third-order valence-electron chi connectivity index (χ3n) is 3.05. The lowest BCUT2D eigenvalue weighted by Gasteiger charge is -2.15. The highest BCUT2D eigenvalue weighted by Gasteiger charge is 2.13. The van der Waals surface area contributed by atoms with Gasteiger partial charge in [0, 0.05) is 17.1 Å². The number of likely N-dealkylation sites (tertiary alicyclic amines) is 1. The number of hydrogen-bond donors (Lipinski definition) is 2. The highest BCUT2D eigenvalue weighted by Crippen LogP contribution is 2.21. The number of hydrogen-bond acceptors (Lipinski definition) is 3. The molecule has 0 amide bonds. The van der Waals surface area contributed by atoms with Gasteiger partial charge in [-0.3, -0.25) is 4.90 Å². The molecule has 0 aromatic heterocycles. The number of halogens is 1. The van der Waals surface area contributed by atoms with Gasteiger partial charge in [-0.15, -0.1) is 0 Å². The lowest BCUT2D eigenvalue weighted by molar-refractivity contribution is 0.318. The highest BCUT2D eigenvalue weighted by atomic mass is 35.5. The molecule has 1 fully saturated rings. The quantitative estimate of drug-likeness (QED) is 0.375.